The predicted octanol–water partition coefficient (Wildman–Crippen LogP) is 2.64. The van der Waals surface area contributed by atoms with Gasteiger partial charge < -0.3 is 19.9 Å². The first-order chi connectivity index (χ1) is 9.65. The Bertz CT molecular complexity index is 368. The maximum absolute atomic E-state index is 9.87. The summed E-state index contributed by atoms with van der Waals surface area (Å²) in [5.74, 6) is 0.457. The topological polar surface area (TPSA) is 50.7 Å². The van der Waals surface area contributed by atoms with Gasteiger partial charge in [-0.1, -0.05) is 32.0 Å². The molecule has 0 bridgehead atoms. The van der Waals surface area contributed by atoms with E-state index in [2.05, 4.69) is 25.2 Å². The van der Waals surface area contributed by atoms with Crippen molar-refractivity contribution in [3.05, 3.63) is 29.8 Å². The predicted molar refractivity (Wildman–Crippen MR) is 82.3 cm³/mol. The van der Waals surface area contributed by atoms with Crippen LogP contribution in [-0.4, -0.2) is 44.2 Å². The summed E-state index contributed by atoms with van der Waals surface area (Å²) in [7, 11) is 0. The summed E-state index contributed by atoms with van der Waals surface area (Å²) in [6.45, 7) is 8.87. The van der Waals surface area contributed by atoms with Gasteiger partial charge in [-0.3, -0.25) is 0 Å². The number of benzene rings is 1. The summed E-state index contributed by atoms with van der Waals surface area (Å²) in [6.07, 6.45) is -0.517. The van der Waals surface area contributed by atoms with Gasteiger partial charge in [0.2, 0.25) is 0 Å². The van der Waals surface area contributed by atoms with E-state index < -0.39 is 6.10 Å². The molecule has 4 nitrogen and oxygen atoms in total. The van der Waals surface area contributed by atoms with Crippen LogP contribution in [0.15, 0.2) is 24.3 Å². The van der Waals surface area contributed by atoms with Gasteiger partial charge in [0.05, 0.1) is 25.9 Å². The Balaban J connectivity index is 2.28. The molecule has 0 heterocycles. The minimum absolute atomic E-state index is 0.323. The van der Waals surface area contributed by atoms with Crippen molar-refractivity contribution in [3.8, 4) is 0 Å². The Kier molecular flexibility index (Phi) is 8.26. The molecule has 0 aliphatic heterocycles. The highest BCUT2D eigenvalue weighted by Crippen LogP contribution is 2.23. The van der Waals surface area contributed by atoms with Gasteiger partial charge in [-0.25, -0.2) is 0 Å². The smallest absolute Gasteiger partial charge is 0.0945 e. The van der Waals surface area contributed by atoms with Crippen molar-refractivity contribution in [3.63, 3.8) is 0 Å². The van der Waals surface area contributed by atoms with Gasteiger partial charge in [-0.15, -0.1) is 0 Å². The molecular formula is C16H27NO3. The third-order valence-electron chi connectivity index (χ3n) is 3.00. The van der Waals surface area contributed by atoms with Gasteiger partial charge >= 0.3 is 0 Å². The lowest BCUT2D eigenvalue weighted by atomic mass is 10.0. The molecule has 1 unspecified atom stereocenters. The fourth-order valence-electron chi connectivity index (χ4n) is 1.93. The highest BCUT2D eigenvalue weighted by atomic mass is 16.5. The number of aliphatic hydroxyl groups excluding tert-OH is 1. The Morgan fingerprint density at radius 3 is 2.55 bits per heavy atom. The molecule has 0 saturated carbocycles. The molecule has 0 radical (unpaired) electrons. The molecule has 0 aliphatic carbocycles. The van der Waals surface area contributed by atoms with Gasteiger partial charge in [0.15, 0.2) is 0 Å². The van der Waals surface area contributed by atoms with E-state index in [-0.39, 0.29) is 0 Å². The van der Waals surface area contributed by atoms with E-state index in [1.807, 2.05) is 25.1 Å². The molecule has 0 aromatic heterocycles. The van der Waals surface area contributed by atoms with Crippen LogP contribution in [0, 0.1) is 0 Å². The van der Waals surface area contributed by atoms with Crippen molar-refractivity contribution >= 4 is 5.69 Å². The monoisotopic (exact) mass is 281 g/mol. The third kappa shape index (κ3) is 6.37. The van der Waals surface area contributed by atoms with Crippen LogP contribution >= 0.6 is 0 Å². The number of aliphatic hydroxyl groups is 1. The van der Waals surface area contributed by atoms with Gasteiger partial charge in [0, 0.05) is 18.8 Å². The summed E-state index contributed by atoms with van der Waals surface area (Å²) < 4.78 is 10.5. The first kappa shape index (κ1) is 17.0. The molecular weight excluding hydrogens is 254 g/mol. The zero-order valence-electron chi connectivity index (χ0n) is 12.8. The van der Waals surface area contributed by atoms with Gasteiger partial charge in [-0.2, -0.15) is 0 Å². The first-order valence-electron chi connectivity index (χ1n) is 7.31. The van der Waals surface area contributed by atoms with Crippen LogP contribution in [0.25, 0.3) is 0 Å². The Hall–Kier alpha value is -1.10. The second kappa shape index (κ2) is 9.75. The minimum atomic E-state index is -0.517. The Labute approximate surface area is 122 Å². The fourth-order valence-corrected chi connectivity index (χ4v) is 1.93. The van der Waals surface area contributed by atoms with Crippen LogP contribution in [0.4, 0.5) is 5.69 Å². The van der Waals surface area contributed by atoms with E-state index in [9.17, 15) is 5.11 Å². The van der Waals surface area contributed by atoms with Crippen LogP contribution in [0.1, 0.15) is 32.3 Å². The minimum Gasteiger partial charge on any atom is -0.389 e. The maximum Gasteiger partial charge on any atom is 0.0945 e. The number of rotatable bonds is 10. The highest BCUT2D eigenvalue weighted by Gasteiger charge is 2.08. The number of hydrogen-bond acceptors (Lipinski definition) is 4. The zero-order chi connectivity index (χ0) is 14.8. The SMILES string of the molecule is CCOCCOCC(O)CNc1ccccc1C(C)C. The van der Waals surface area contributed by atoms with Crippen LogP contribution in [0.3, 0.4) is 0 Å². The van der Waals surface area contributed by atoms with E-state index in [1.165, 1.54) is 5.56 Å². The molecule has 0 spiro atoms. The second-order valence-electron chi connectivity index (χ2n) is 5.05. The summed E-state index contributed by atoms with van der Waals surface area (Å²) in [5.41, 5.74) is 2.34. The highest BCUT2D eigenvalue weighted by molar-refractivity contribution is 5.52. The summed E-state index contributed by atoms with van der Waals surface area (Å²) >= 11 is 0. The van der Waals surface area contributed by atoms with Crippen molar-refractivity contribution in [2.75, 3.05) is 38.3 Å². The number of nitrogens with one attached hydrogen (secondary N) is 1. The molecule has 20 heavy (non-hydrogen) atoms. The van der Waals surface area contributed by atoms with E-state index in [4.69, 9.17) is 9.47 Å². The molecule has 1 aromatic rings. The first-order valence-corrected chi connectivity index (χ1v) is 7.31. The lowest BCUT2D eigenvalue weighted by Crippen LogP contribution is -2.26. The quantitative estimate of drug-likeness (QED) is 0.647. The largest absolute Gasteiger partial charge is 0.389 e. The standard InChI is InChI=1S/C16H27NO3/c1-4-19-9-10-20-12-14(18)11-17-16-8-6-5-7-15(16)13(2)3/h5-8,13-14,17-18H,4,9-12H2,1-3H3. The lowest BCUT2D eigenvalue weighted by Gasteiger charge is -2.17. The molecule has 0 fully saturated rings. The number of anilines is 1. The summed E-state index contributed by atoms with van der Waals surface area (Å²) in [6, 6.07) is 8.18. The van der Waals surface area contributed by atoms with Gasteiger partial charge in [-0.05, 0) is 24.5 Å². The molecule has 2 N–H and O–H groups in total. The molecule has 0 amide bonds. The average molecular weight is 281 g/mol. The van der Waals surface area contributed by atoms with Crippen LogP contribution in [0.5, 0.6) is 0 Å². The van der Waals surface area contributed by atoms with Crippen molar-refractivity contribution < 1.29 is 14.6 Å². The normalized spacial score (nSPS) is 12.7. The summed E-state index contributed by atoms with van der Waals surface area (Å²) in [5, 5.41) is 13.2. The average Bonchev–Trinajstić information content (AvgIpc) is 2.45. The van der Waals surface area contributed by atoms with E-state index in [0.29, 0.717) is 38.9 Å². The van der Waals surface area contributed by atoms with Gasteiger partial charge in [0.25, 0.3) is 0 Å². The molecule has 0 aliphatic rings. The van der Waals surface area contributed by atoms with Crippen molar-refractivity contribution in [2.45, 2.75) is 32.8 Å². The molecule has 1 rings (SSSR count). The van der Waals surface area contributed by atoms with E-state index in [1.54, 1.807) is 0 Å². The van der Waals surface area contributed by atoms with Crippen molar-refractivity contribution in [2.24, 2.45) is 0 Å². The van der Waals surface area contributed by atoms with E-state index >= 15 is 0 Å². The fraction of sp³-hybridized carbons (Fsp3) is 0.625. The van der Waals surface area contributed by atoms with Gasteiger partial charge in [0.1, 0.15) is 0 Å². The Morgan fingerprint density at radius 1 is 1.15 bits per heavy atom. The lowest BCUT2D eigenvalue weighted by molar-refractivity contribution is 0.0103. The third-order valence-corrected chi connectivity index (χ3v) is 3.00. The van der Waals surface area contributed by atoms with Crippen molar-refractivity contribution in [1.82, 2.24) is 0 Å². The second-order valence-corrected chi connectivity index (χ2v) is 5.05. The maximum atomic E-state index is 9.87. The van der Waals surface area contributed by atoms with Crippen LogP contribution < -0.4 is 5.32 Å². The zero-order valence-corrected chi connectivity index (χ0v) is 12.8. The Morgan fingerprint density at radius 2 is 1.85 bits per heavy atom. The molecule has 1 atom stereocenters. The number of para-hydroxylation sites is 1. The van der Waals surface area contributed by atoms with Crippen LogP contribution in [0.2, 0.25) is 0 Å². The molecule has 114 valence electrons. The van der Waals surface area contributed by atoms with Crippen LogP contribution in [-0.2, 0) is 9.47 Å². The molecule has 0 saturated heterocycles. The molecule has 4 heteroatoms. The number of hydrogen-bond donors (Lipinski definition) is 2. The van der Waals surface area contributed by atoms with E-state index in [0.717, 1.165) is 5.69 Å². The van der Waals surface area contributed by atoms with Crippen molar-refractivity contribution in [1.29, 1.82) is 0 Å². The molecule has 1 aromatic carbocycles. The number of ether oxygens (including phenoxy) is 2. The summed E-state index contributed by atoms with van der Waals surface area (Å²) in [4.78, 5) is 0.